The summed E-state index contributed by atoms with van der Waals surface area (Å²) in [7, 11) is 3.48. The van der Waals surface area contributed by atoms with Crippen LogP contribution in [0.15, 0.2) is 0 Å². The molecule has 0 radical (unpaired) electrons. The molecule has 0 heterocycles. The molecule has 2 nitrogen and oxygen atoms in total. The van der Waals surface area contributed by atoms with E-state index in [1.54, 1.807) is 14.2 Å². The lowest BCUT2D eigenvalue weighted by Crippen LogP contribution is -2.41. The molecule has 0 aromatic carbocycles. The van der Waals surface area contributed by atoms with Gasteiger partial charge in [0.25, 0.3) is 0 Å². The molecule has 1 aliphatic rings. The molecule has 1 rings (SSSR count). The second-order valence-electron chi connectivity index (χ2n) is 5.68. The molecule has 0 unspecified atom stereocenters. The summed E-state index contributed by atoms with van der Waals surface area (Å²) < 4.78 is 9.75. The highest BCUT2D eigenvalue weighted by Crippen LogP contribution is 2.45. The Morgan fingerprint density at radius 3 is 1.84 bits per heavy atom. The number of hydrogen-bond acceptors (Lipinski definition) is 2. The normalized spacial score (nSPS) is 18.8. The van der Waals surface area contributed by atoms with Crippen molar-refractivity contribution in [2.45, 2.75) is 48.7 Å². The Hall–Kier alpha value is 0.790. The van der Waals surface area contributed by atoms with Crippen molar-refractivity contribution < 1.29 is 9.47 Å². The number of rotatable bonds is 7. The quantitative estimate of drug-likeness (QED) is 0.611. The average molecular weight is 332 g/mol. The third-order valence-corrected chi connectivity index (χ3v) is 4.81. The van der Waals surface area contributed by atoms with E-state index in [-0.39, 0.29) is 5.41 Å². The van der Waals surface area contributed by atoms with Gasteiger partial charge in [-0.3, -0.25) is 0 Å². The maximum atomic E-state index is 5.93. The van der Waals surface area contributed by atoms with Crippen molar-refractivity contribution in [3.8, 4) is 0 Å². The molecule has 0 aromatic heterocycles. The third kappa shape index (κ3) is 5.97. The van der Waals surface area contributed by atoms with E-state index in [0.29, 0.717) is 25.6 Å². The smallest absolute Gasteiger partial charge is 0.190 e. The molecule has 1 aliphatic carbocycles. The molecule has 5 heteroatoms. The van der Waals surface area contributed by atoms with Gasteiger partial charge in [0, 0.05) is 19.6 Å². The summed E-state index contributed by atoms with van der Waals surface area (Å²) in [6.07, 6.45) is 7.73. The maximum Gasteiger partial charge on any atom is 0.190 e. The van der Waals surface area contributed by atoms with Gasteiger partial charge < -0.3 is 9.47 Å². The van der Waals surface area contributed by atoms with E-state index < -0.39 is 3.79 Å². The first-order valence-electron chi connectivity index (χ1n) is 6.98. The fourth-order valence-electron chi connectivity index (χ4n) is 3.31. The molecule has 0 amide bonds. The van der Waals surface area contributed by atoms with E-state index in [0.717, 1.165) is 6.42 Å². The summed E-state index contributed by atoms with van der Waals surface area (Å²) >= 11 is 17.8. The highest BCUT2D eigenvalue weighted by atomic mass is 35.6. The number of alkyl halides is 3. The zero-order chi connectivity index (χ0) is 14.4. The second kappa shape index (κ2) is 8.29. The van der Waals surface area contributed by atoms with Crippen LogP contribution < -0.4 is 0 Å². The molecule has 114 valence electrons. The molecule has 0 atom stereocenters. The van der Waals surface area contributed by atoms with E-state index in [1.807, 2.05) is 0 Å². The van der Waals surface area contributed by atoms with Gasteiger partial charge in [-0.2, -0.15) is 0 Å². The van der Waals surface area contributed by atoms with Gasteiger partial charge in [0.2, 0.25) is 0 Å². The number of hydrogen-bond donors (Lipinski definition) is 0. The Labute approximate surface area is 132 Å². The van der Waals surface area contributed by atoms with Crippen LogP contribution in [0.5, 0.6) is 0 Å². The van der Waals surface area contributed by atoms with Crippen molar-refractivity contribution >= 4 is 34.8 Å². The predicted octanol–water partition coefficient (Wildman–Crippen LogP) is 5.00. The molecule has 0 N–H and O–H groups in total. The van der Waals surface area contributed by atoms with Crippen LogP contribution in [0.4, 0.5) is 0 Å². The van der Waals surface area contributed by atoms with E-state index >= 15 is 0 Å². The van der Waals surface area contributed by atoms with Crippen LogP contribution in [0, 0.1) is 11.3 Å². The molecule has 0 aliphatic heterocycles. The molecular weight excluding hydrogens is 307 g/mol. The molecular formula is C14H25Cl3O2. The Bertz CT molecular complexity index is 242. The van der Waals surface area contributed by atoms with Crippen LogP contribution in [0.2, 0.25) is 0 Å². The van der Waals surface area contributed by atoms with Gasteiger partial charge in [0.1, 0.15) is 0 Å². The maximum absolute atomic E-state index is 5.93. The van der Waals surface area contributed by atoms with Crippen molar-refractivity contribution in [2.75, 3.05) is 27.4 Å². The molecule has 1 fully saturated rings. The first kappa shape index (κ1) is 17.8. The highest BCUT2D eigenvalue weighted by molar-refractivity contribution is 6.67. The van der Waals surface area contributed by atoms with Crippen LogP contribution in [-0.2, 0) is 9.47 Å². The molecule has 1 saturated carbocycles. The van der Waals surface area contributed by atoms with Crippen molar-refractivity contribution in [1.29, 1.82) is 0 Å². The number of ether oxygens (including phenoxy) is 2. The minimum atomic E-state index is -1.19. The monoisotopic (exact) mass is 330 g/mol. The third-order valence-electron chi connectivity index (χ3n) is 4.24. The van der Waals surface area contributed by atoms with Crippen molar-refractivity contribution in [3.05, 3.63) is 0 Å². The summed E-state index contributed by atoms with van der Waals surface area (Å²) in [6.45, 7) is 1.35. The Balaban J connectivity index is 2.78. The molecule has 0 spiro atoms. The van der Waals surface area contributed by atoms with Crippen LogP contribution in [0.3, 0.4) is 0 Å². The lowest BCUT2D eigenvalue weighted by molar-refractivity contribution is -0.0472. The molecule has 0 bridgehead atoms. The number of halogens is 3. The van der Waals surface area contributed by atoms with Crippen molar-refractivity contribution in [1.82, 2.24) is 0 Å². The summed E-state index contributed by atoms with van der Waals surface area (Å²) in [6, 6.07) is 0. The SMILES string of the molecule is COCC(CCC(Cl)(Cl)Cl)(COC)C1CCCCC1. The predicted molar refractivity (Wildman–Crippen MR) is 82.3 cm³/mol. The van der Waals surface area contributed by atoms with E-state index in [2.05, 4.69) is 0 Å². The van der Waals surface area contributed by atoms with Crippen LogP contribution >= 0.6 is 34.8 Å². The van der Waals surface area contributed by atoms with Gasteiger partial charge in [0.05, 0.1) is 13.2 Å². The Kier molecular flexibility index (Phi) is 7.78. The van der Waals surface area contributed by atoms with Gasteiger partial charge in [0.15, 0.2) is 3.79 Å². The highest BCUT2D eigenvalue weighted by Gasteiger charge is 2.41. The van der Waals surface area contributed by atoms with Gasteiger partial charge in [-0.15, -0.1) is 0 Å². The summed E-state index contributed by atoms with van der Waals surface area (Å²) in [4.78, 5) is 0. The fourth-order valence-corrected chi connectivity index (χ4v) is 3.59. The molecule has 19 heavy (non-hydrogen) atoms. The van der Waals surface area contributed by atoms with E-state index in [4.69, 9.17) is 44.3 Å². The fraction of sp³-hybridized carbons (Fsp3) is 1.00. The molecule has 0 saturated heterocycles. The summed E-state index contributed by atoms with van der Waals surface area (Å²) in [5.74, 6) is 0.605. The van der Waals surface area contributed by atoms with Gasteiger partial charge in [-0.1, -0.05) is 54.1 Å². The second-order valence-corrected chi connectivity index (χ2v) is 8.19. The van der Waals surface area contributed by atoms with Crippen LogP contribution in [-0.4, -0.2) is 31.2 Å². The van der Waals surface area contributed by atoms with Crippen molar-refractivity contribution in [3.63, 3.8) is 0 Å². The summed E-state index contributed by atoms with van der Waals surface area (Å²) in [5, 5.41) is 0. The Morgan fingerprint density at radius 1 is 0.895 bits per heavy atom. The lowest BCUT2D eigenvalue weighted by atomic mass is 9.67. The minimum absolute atomic E-state index is 0.0200. The first-order chi connectivity index (χ1) is 8.93. The van der Waals surface area contributed by atoms with Gasteiger partial charge >= 0.3 is 0 Å². The van der Waals surface area contributed by atoms with Crippen LogP contribution in [0.25, 0.3) is 0 Å². The standard InChI is InChI=1S/C14H25Cl3O2/c1-18-10-13(11-19-2,8-9-14(15,16)17)12-6-4-3-5-7-12/h12H,3-11H2,1-2H3. The van der Waals surface area contributed by atoms with Gasteiger partial charge in [-0.05, 0) is 31.6 Å². The largest absolute Gasteiger partial charge is 0.384 e. The topological polar surface area (TPSA) is 18.5 Å². The van der Waals surface area contributed by atoms with Crippen molar-refractivity contribution in [2.24, 2.45) is 11.3 Å². The first-order valence-corrected chi connectivity index (χ1v) is 8.11. The van der Waals surface area contributed by atoms with E-state index in [1.165, 1.54) is 32.1 Å². The van der Waals surface area contributed by atoms with E-state index in [9.17, 15) is 0 Å². The zero-order valence-electron chi connectivity index (χ0n) is 11.9. The average Bonchev–Trinajstić information content (AvgIpc) is 2.37. The minimum Gasteiger partial charge on any atom is -0.384 e. The van der Waals surface area contributed by atoms with Crippen LogP contribution in [0.1, 0.15) is 44.9 Å². The summed E-state index contributed by atoms with van der Waals surface area (Å²) in [5.41, 5.74) is -0.0200. The molecule has 0 aromatic rings. The Morgan fingerprint density at radius 2 is 1.42 bits per heavy atom. The number of methoxy groups -OCH3 is 2. The van der Waals surface area contributed by atoms with Gasteiger partial charge in [-0.25, -0.2) is 0 Å². The zero-order valence-corrected chi connectivity index (χ0v) is 14.2. The lowest BCUT2D eigenvalue weighted by Gasteiger charge is -2.42.